The van der Waals surface area contributed by atoms with Gasteiger partial charge in [-0.25, -0.2) is 4.98 Å². The maximum Gasteiger partial charge on any atom is 0.307 e. The van der Waals surface area contributed by atoms with Gasteiger partial charge in [0.05, 0.1) is 5.52 Å². The molecule has 2 aromatic heterocycles. The monoisotopic (exact) mass is 166 g/mol. The lowest BCUT2D eigenvalue weighted by Crippen LogP contribution is -1.90. The second-order valence-electron chi connectivity index (χ2n) is 2.32. The molecule has 4 heteroatoms. The van der Waals surface area contributed by atoms with Crippen LogP contribution in [0.1, 0.15) is 5.56 Å². The van der Waals surface area contributed by atoms with Gasteiger partial charge in [0, 0.05) is 6.20 Å². The second-order valence-corrected chi connectivity index (χ2v) is 3.28. The first-order valence-corrected chi connectivity index (χ1v) is 4.03. The Balaban J connectivity index is 3.01. The minimum absolute atomic E-state index is 0.0400. The van der Waals surface area contributed by atoms with Crippen molar-refractivity contribution in [3.05, 3.63) is 27.5 Å². The molecule has 0 saturated heterocycles. The van der Waals surface area contributed by atoms with E-state index in [4.69, 9.17) is 0 Å². The van der Waals surface area contributed by atoms with Gasteiger partial charge in [0.2, 0.25) is 0 Å². The highest BCUT2D eigenvalue weighted by molar-refractivity contribution is 7.15. The molecular formula is C7H6N2OS. The number of aromatic nitrogens is 2. The van der Waals surface area contributed by atoms with Crippen LogP contribution in [-0.4, -0.2) is 9.97 Å². The van der Waals surface area contributed by atoms with Crippen LogP contribution >= 0.6 is 11.3 Å². The van der Waals surface area contributed by atoms with E-state index in [0.29, 0.717) is 0 Å². The molecule has 0 aliphatic carbocycles. The SMILES string of the molecule is Cc1ccnc2sc(=O)[nH]c12. The quantitative estimate of drug-likeness (QED) is 0.641. The molecule has 0 fully saturated rings. The molecular weight excluding hydrogens is 160 g/mol. The van der Waals surface area contributed by atoms with Crippen molar-refractivity contribution in [2.24, 2.45) is 0 Å². The highest BCUT2D eigenvalue weighted by Crippen LogP contribution is 2.13. The number of pyridine rings is 1. The predicted molar refractivity (Wildman–Crippen MR) is 45.0 cm³/mol. The largest absolute Gasteiger partial charge is 0.311 e. The molecule has 0 aliphatic heterocycles. The molecule has 56 valence electrons. The van der Waals surface area contributed by atoms with Crippen LogP contribution < -0.4 is 4.87 Å². The van der Waals surface area contributed by atoms with Crippen molar-refractivity contribution < 1.29 is 0 Å². The van der Waals surface area contributed by atoms with Gasteiger partial charge >= 0.3 is 4.87 Å². The summed E-state index contributed by atoms with van der Waals surface area (Å²) in [6, 6.07) is 1.88. The number of H-pyrrole nitrogens is 1. The fourth-order valence-electron chi connectivity index (χ4n) is 0.978. The Bertz CT molecular complexity index is 443. The predicted octanol–water partition coefficient (Wildman–Crippen LogP) is 1.29. The molecule has 0 aromatic carbocycles. The zero-order valence-electron chi connectivity index (χ0n) is 5.92. The number of fused-ring (bicyclic) bond motifs is 1. The molecule has 2 heterocycles. The van der Waals surface area contributed by atoms with Gasteiger partial charge in [-0.3, -0.25) is 4.79 Å². The molecule has 0 spiro atoms. The highest BCUT2D eigenvalue weighted by atomic mass is 32.1. The van der Waals surface area contributed by atoms with Crippen LogP contribution in [0.5, 0.6) is 0 Å². The average molecular weight is 166 g/mol. The van der Waals surface area contributed by atoms with Gasteiger partial charge in [0.25, 0.3) is 0 Å². The first-order chi connectivity index (χ1) is 5.27. The fourth-order valence-corrected chi connectivity index (χ4v) is 1.73. The Kier molecular flexibility index (Phi) is 1.29. The molecule has 0 radical (unpaired) electrons. The summed E-state index contributed by atoms with van der Waals surface area (Å²) in [5.74, 6) is 0. The van der Waals surface area contributed by atoms with Gasteiger partial charge in [-0.05, 0) is 18.6 Å². The number of hydrogen-bond acceptors (Lipinski definition) is 3. The number of nitrogens with one attached hydrogen (secondary N) is 1. The lowest BCUT2D eigenvalue weighted by atomic mass is 10.3. The van der Waals surface area contributed by atoms with Gasteiger partial charge in [-0.2, -0.15) is 0 Å². The summed E-state index contributed by atoms with van der Waals surface area (Å²) in [6.45, 7) is 1.95. The minimum atomic E-state index is -0.0400. The van der Waals surface area contributed by atoms with Crippen molar-refractivity contribution in [1.82, 2.24) is 9.97 Å². The number of aryl methyl sites for hydroxylation is 1. The third-order valence-corrected chi connectivity index (χ3v) is 2.33. The van der Waals surface area contributed by atoms with Gasteiger partial charge in [0.1, 0.15) is 4.83 Å². The van der Waals surface area contributed by atoms with Crippen LogP contribution in [0.15, 0.2) is 17.1 Å². The zero-order valence-corrected chi connectivity index (χ0v) is 6.73. The molecule has 11 heavy (non-hydrogen) atoms. The topological polar surface area (TPSA) is 45.8 Å². The van der Waals surface area contributed by atoms with E-state index in [-0.39, 0.29) is 4.87 Å². The molecule has 0 aliphatic rings. The van der Waals surface area contributed by atoms with E-state index >= 15 is 0 Å². The standard InChI is InChI=1S/C7H6N2OS/c1-4-2-3-8-6-5(4)9-7(10)11-6/h2-3H,1H3,(H,9,10). The average Bonchev–Trinajstić information content (AvgIpc) is 2.31. The zero-order chi connectivity index (χ0) is 7.84. The van der Waals surface area contributed by atoms with Gasteiger partial charge in [-0.1, -0.05) is 11.3 Å². The van der Waals surface area contributed by atoms with Crippen molar-refractivity contribution in [1.29, 1.82) is 0 Å². The lowest BCUT2D eigenvalue weighted by molar-refractivity contribution is 1.33. The second kappa shape index (κ2) is 2.17. The van der Waals surface area contributed by atoms with E-state index < -0.39 is 0 Å². The Hall–Kier alpha value is -1.16. The van der Waals surface area contributed by atoms with Crippen LogP contribution in [-0.2, 0) is 0 Å². The van der Waals surface area contributed by atoms with Crippen molar-refractivity contribution in [2.45, 2.75) is 6.92 Å². The van der Waals surface area contributed by atoms with Crippen LogP contribution in [0.4, 0.5) is 0 Å². The minimum Gasteiger partial charge on any atom is -0.311 e. The Labute approximate surface area is 66.7 Å². The van der Waals surface area contributed by atoms with Gasteiger partial charge in [-0.15, -0.1) is 0 Å². The van der Waals surface area contributed by atoms with Crippen molar-refractivity contribution in [3.63, 3.8) is 0 Å². The third-order valence-electron chi connectivity index (χ3n) is 1.54. The molecule has 0 unspecified atom stereocenters. The van der Waals surface area contributed by atoms with E-state index in [1.165, 1.54) is 0 Å². The van der Waals surface area contributed by atoms with Crippen LogP contribution in [0, 0.1) is 6.92 Å². The van der Waals surface area contributed by atoms with E-state index in [1.807, 2.05) is 13.0 Å². The van der Waals surface area contributed by atoms with Crippen LogP contribution in [0.25, 0.3) is 10.3 Å². The summed E-state index contributed by atoms with van der Waals surface area (Å²) in [5, 5.41) is 0. The highest BCUT2D eigenvalue weighted by Gasteiger charge is 2.00. The van der Waals surface area contributed by atoms with E-state index in [9.17, 15) is 4.79 Å². The first kappa shape index (κ1) is 6.54. The molecule has 2 aromatic rings. The van der Waals surface area contributed by atoms with Crippen LogP contribution in [0.2, 0.25) is 0 Å². The van der Waals surface area contributed by atoms with E-state index in [1.54, 1.807) is 6.20 Å². The van der Waals surface area contributed by atoms with Crippen molar-refractivity contribution in [2.75, 3.05) is 0 Å². The summed E-state index contributed by atoms with van der Waals surface area (Å²) in [7, 11) is 0. The van der Waals surface area contributed by atoms with E-state index in [0.717, 1.165) is 27.2 Å². The number of hydrogen-bond donors (Lipinski definition) is 1. The summed E-state index contributed by atoms with van der Waals surface area (Å²) in [6.07, 6.45) is 1.71. The number of rotatable bonds is 0. The van der Waals surface area contributed by atoms with Gasteiger partial charge < -0.3 is 4.98 Å². The molecule has 3 nitrogen and oxygen atoms in total. The number of thiazole rings is 1. The molecule has 0 atom stereocenters. The van der Waals surface area contributed by atoms with E-state index in [2.05, 4.69) is 9.97 Å². The first-order valence-electron chi connectivity index (χ1n) is 3.22. The molecule has 0 saturated carbocycles. The third kappa shape index (κ3) is 0.952. The Morgan fingerprint density at radius 1 is 1.64 bits per heavy atom. The lowest BCUT2D eigenvalue weighted by Gasteiger charge is -1.90. The summed E-state index contributed by atoms with van der Waals surface area (Å²) in [5.41, 5.74) is 1.93. The molecule has 1 N–H and O–H groups in total. The normalized spacial score (nSPS) is 10.6. The number of nitrogens with zero attached hydrogens (tertiary/aromatic N) is 1. The molecule has 0 bridgehead atoms. The maximum atomic E-state index is 10.9. The fraction of sp³-hybridized carbons (Fsp3) is 0.143. The van der Waals surface area contributed by atoms with Crippen molar-refractivity contribution in [3.8, 4) is 0 Å². The Morgan fingerprint density at radius 2 is 2.45 bits per heavy atom. The van der Waals surface area contributed by atoms with Crippen LogP contribution in [0.3, 0.4) is 0 Å². The summed E-state index contributed by atoms with van der Waals surface area (Å²) in [4.78, 5) is 18.4. The summed E-state index contributed by atoms with van der Waals surface area (Å²) < 4.78 is 0. The molecule has 2 rings (SSSR count). The summed E-state index contributed by atoms with van der Waals surface area (Å²) >= 11 is 1.14. The molecule has 0 amide bonds. The number of aromatic amines is 1. The van der Waals surface area contributed by atoms with Gasteiger partial charge in [0.15, 0.2) is 0 Å². The smallest absolute Gasteiger partial charge is 0.307 e. The maximum absolute atomic E-state index is 10.9. The van der Waals surface area contributed by atoms with Crippen molar-refractivity contribution >= 4 is 21.7 Å². The Morgan fingerprint density at radius 3 is 3.18 bits per heavy atom.